The Hall–Kier alpha value is -1.77. The Labute approximate surface area is 134 Å². The van der Waals surface area contributed by atoms with Crippen LogP contribution in [0, 0.1) is 0 Å². The van der Waals surface area contributed by atoms with E-state index < -0.39 is 0 Å². The van der Waals surface area contributed by atoms with Gasteiger partial charge in [-0.3, -0.25) is 0 Å². The van der Waals surface area contributed by atoms with Crippen LogP contribution in [0.4, 0.5) is 4.79 Å². The van der Waals surface area contributed by atoms with Gasteiger partial charge in [0.05, 0.1) is 0 Å². The van der Waals surface area contributed by atoms with E-state index in [-0.39, 0.29) is 11.4 Å². The normalized spacial score (nSPS) is 16.3. The van der Waals surface area contributed by atoms with Crippen molar-refractivity contribution in [3.63, 3.8) is 0 Å². The molecule has 0 atom stereocenters. The fraction of sp³-hybridized carbons (Fsp3) is 0.526. The molecule has 1 aliphatic rings. The molecule has 0 heterocycles. The Morgan fingerprint density at radius 3 is 2.45 bits per heavy atom. The van der Waals surface area contributed by atoms with Crippen molar-refractivity contribution in [3.05, 3.63) is 48.0 Å². The van der Waals surface area contributed by atoms with Crippen LogP contribution in [-0.2, 0) is 5.41 Å². The molecule has 0 aliphatic heterocycles. The molecule has 1 aromatic rings. The summed E-state index contributed by atoms with van der Waals surface area (Å²) in [5.41, 5.74) is 2.48. The van der Waals surface area contributed by atoms with Gasteiger partial charge < -0.3 is 10.2 Å². The predicted octanol–water partition coefficient (Wildman–Crippen LogP) is 4.11. The molecule has 1 saturated carbocycles. The van der Waals surface area contributed by atoms with E-state index in [2.05, 4.69) is 42.2 Å². The van der Waals surface area contributed by atoms with Gasteiger partial charge in [0.2, 0.25) is 0 Å². The summed E-state index contributed by atoms with van der Waals surface area (Å²) in [6, 6.07) is 10.7. The maximum Gasteiger partial charge on any atom is 0.317 e. The monoisotopic (exact) mass is 300 g/mol. The van der Waals surface area contributed by atoms with Gasteiger partial charge in [0.15, 0.2) is 0 Å². The van der Waals surface area contributed by atoms with E-state index in [1.165, 1.54) is 18.4 Å². The van der Waals surface area contributed by atoms with E-state index >= 15 is 0 Å². The highest BCUT2D eigenvalue weighted by atomic mass is 16.2. The van der Waals surface area contributed by atoms with Crippen LogP contribution in [0.25, 0.3) is 0 Å². The molecular formula is C19H28N2O. The summed E-state index contributed by atoms with van der Waals surface area (Å²) in [6.07, 6.45) is 4.80. The third-order valence-electron chi connectivity index (χ3n) is 4.65. The number of benzene rings is 1. The van der Waals surface area contributed by atoms with Crippen molar-refractivity contribution in [1.82, 2.24) is 10.2 Å². The average Bonchev–Trinajstić information content (AvgIpc) is 3.01. The van der Waals surface area contributed by atoms with Crippen LogP contribution in [0.1, 0.15) is 45.1 Å². The van der Waals surface area contributed by atoms with Gasteiger partial charge in [-0.15, -0.1) is 0 Å². The quantitative estimate of drug-likeness (QED) is 0.788. The minimum atomic E-state index is 0.0210. The van der Waals surface area contributed by atoms with Gasteiger partial charge >= 0.3 is 6.03 Å². The molecule has 0 spiro atoms. The largest absolute Gasteiger partial charge is 0.337 e. The van der Waals surface area contributed by atoms with Crippen LogP contribution >= 0.6 is 0 Å². The highest BCUT2D eigenvalue weighted by Crippen LogP contribution is 2.40. The molecule has 0 aromatic heterocycles. The Bertz CT molecular complexity index is 503. The van der Waals surface area contributed by atoms with Crippen LogP contribution in [0.15, 0.2) is 42.5 Å². The van der Waals surface area contributed by atoms with Gasteiger partial charge in [-0.1, -0.05) is 55.3 Å². The first kappa shape index (κ1) is 16.6. The Balaban J connectivity index is 2.03. The number of amides is 2. The minimum absolute atomic E-state index is 0.0210. The number of hydrogen-bond acceptors (Lipinski definition) is 1. The second-order valence-corrected chi connectivity index (χ2v) is 6.48. The van der Waals surface area contributed by atoms with E-state index in [4.69, 9.17) is 0 Å². The number of rotatable bonds is 6. The molecule has 0 saturated heterocycles. The SMILES string of the molecule is C=C(C)CN(CC)C(=O)NCC1(c2ccccc2)CCCC1. The zero-order valence-corrected chi connectivity index (χ0v) is 13.9. The van der Waals surface area contributed by atoms with Crippen molar-refractivity contribution in [2.24, 2.45) is 0 Å². The van der Waals surface area contributed by atoms with Crippen molar-refractivity contribution in [2.45, 2.75) is 44.9 Å². The molecule has 120 valence electrons. The molecule has 2 amide bonds. The summed E-state index contributed by atoms with van der Waals surface area (Å²) >= 11 is 0. The molecule has 3 heteroatoms. The number of carbonyl (C=O) groups excluding carboxylic acids is 1. The standard InChI is InChI=1S/C19H28N2O/c1-4-21(14-16(2)3)18(22)20-15-19(12-8-9-13-19)17-10-6-5-7-11-17/h5-7,10-11H,2,4,8-9,12-15H2,1,3H3,(H,20,22). The molecule has 0 unspecified atom stereocenters. The van der Waals surface area contributed by atoms with E-state index in [1.807, 2.05) is 18.7 Å². The third kappa shape index (κ3) is 3.90. The molecule has 0 radical (unpaired) electrons. The third-order valence-corrected chi connectivity index (χ3v) is 4.65. The molecule has 2 rings (SSSR count). The lowest BCUT2D eigenvalue weighted by atomic mass is 9.79. The van der Waals surface area contributed by atoms with E-state index in [9.17, 15) is 4.79 Å². The van der Waals surface area contributed by atoms with Crippen molar-refractivity contribution < 1.29 is 4.79 Å². The second kappa shape index (κ2) is 7.48. The number of nitrogens with one attached hydrogen (secondary N) is 1. The molecule has 1 fully saturated rings. The summed E-state index contributed by atoms with van der Waals surface area (Å²) in [5, 5.41) is 3.17. The van der Waals surface area contributed by atoms with Crippen LogP contribution in [0.2, 0.25) is 0 Å². The van der Waals surface area contributed by atoms with Gasteiger partial charge in [0.1, 0.15) is 0 Å². The van der Waals surface area contributed by atoms with Crippen LogP contribution in [-0.4, -0.2) is 30.6 Å². The molecule has 22 heavy (non-hydrogen) atoms. The fourth-order valence-corrected chi connectivity index (χ4v) is 3.42. The Morgan fingerprint density at radius 2 is 1.91 bits per heavy atom. The maximum atomic E-state index is 12.4. The summed E-state index contributed by atoms with van der Waals surface area (Å²) in [4.78, 5) is 14.2. The number of carbonyl (C=O) groups is 1. The Kier molecular flexibility index (Phi) is 5.64. The minimum Gasteiger partial charge on any atom is -0.337 e. The Morgan fingerprint density at radius 1 is 1.27 bits per heavy atom. The van der Waals surface area contributed by atoms with Crippen LogP contribution in [0.5, 0.6) is 0 Å². The van der Waals surface area contributed by atoms with E-state index in [0.717, 1.165) is 25.0 Å². The summed E-state index contributed by atoms with van der Waals surface area (Å²) < 4.78 is 0. The van der Waals surface area contributed by atoms with Gasteiger partial charge in [-0.25, -0.2) is 4.79 Å². The number of urea groups is 1. The lowest BCUT2D eigenvalue weighted by Gasteiger charge is -2.31. The van der Waals surface area contributed by atoms with Gasteiger partial charge in [-0.2, -0.15) is 0 Å². The lowest BCUT2D eigenvalue weighted by molar-refractivity contribution is 0.201. The maximum absolute atomic E-state index is 12.4. The smallest absolute Gasteiger partial charge is 0.317 e. The predicted molar refractivity (Wildman–Crippen MR) is 92.0 cm³/mol. The van der Waals surface area contributed by atoms with Crippen molar-refractivity contribution in [3.8, 4) is 0 Å². The zero-order valence-electron chi connectivity index (χ0n) is 13.9. The van der Waals surface area contributed by atoms with Crippen molar-refractivity contribution in [1.29, 1.82) is 0 Å². The second-order valence-electron chi connectivity index (χ2n) is 6.48. The van der Waals surface area contributed by atoms with Crippen LogP contribution < -0.4 is 5.32 Å². The summed E-state index contributed by atoms with van der Waals surface area (Å²) in [6.45, 7) is 9.92. The molecule has 3 nitrogen and oxygen atoms in total. The number of nitrogens with zero attached hydrogens (tertiary/aromatic N) is 1. The molecular weight excluding hydrogens is 272 g/mol. The van der Waals surface area contributed by atoms with Gasteiger partial charge in [-0.05, 0) is 32.3 Å². The topological polar surface area (TPSA) is 32.3 Å². The van der Waals surface area contributed by atoms with E-state index in [0.29, 0.717) is 13.1 Å². The zero-order chi connectivity index (χ0) is 16.0. The number of hydrogen-bond donors (Lipinski definition) is 1. The molecule has 1 N–H and O–H groups in total. The average molecular weight is 300 g/mol. The highest BCUT2D eigenvalue weighted by Gasteiger charge is 2.36. The molecule has 1 aliphatic carbocycles. The highest BCUT2D eigenvalue weighted by molar-refractivity contribution is 5.74. The van der Waals surface area contributed by atoms with Crippen molar-refractivity contribution in [2.75, 3.05) is 19.6 Å². The number of likely N-dealkylation sites (N-methyl/N-ethyl adjacent to an activating group) is 1. The fourth-order valence-electron chi connectivity index (χ4n) is 3.42. The molecule has 0 bridgehead atoms. The van der Waals surface area contributed by atoms with Crippen LogP contribution in [0.3, 0.4) is 0 Å². The summed E-state index contributed by atoms with van der Waals surface area (Å²) in [5.74, 6) is 0. The van der Waals surface area contributed by atoms with Gasteiger partial charge in [0.25, 0.3) is 0 Å². The first-order valence-electron chi connectivity index (χ1n) is 8.30. The van der Waals surface area contributed by atoms with Gasteiger partial charge in [0, 0.05) is 25.0 Å². The van der Waals surface area contributed by atoms with E-state index in [1.54, 1.807) is 0 Å². The first-order valence-corrected chi connectivity index (χ1v) is 8.30. The van der Waals surface area contributed by atoms with Crippen molar-refractivity contribution >= 4 is 6.03 Å². The molecule has 1 aromatic carbocycles. The lowest BCUT2D eigenvalue weighted by Crippen LogP contribution is -2.46. The summed E-state index contributed by atoms with van der Waals surface area (Å²) in [7, 11) is 0. The first-order chi connectivity index (χ1) is 10.6.